The first-order chi connectivity index (χ1) is 7.79. The summed E-state index contributed by atoms with van der Waals surface area (Å²) in [6.45, 7) is 0. The van der Waals surface area contributed by atoms with Gasteiger partial charge in [0.1, 0.15) is 11.5 Å². The molecule has 0 atom stereocenters. The molecule has 0 unspecified atom stereocenters. The Morgan fingerprint density at radius 2 is 2.12 bits per heavy atom. The average Bonchev–Trinajstić information content (AvgIpc) is 2.33. The largest absolute Gasteiger partial charge is 0.497 e. The second kappa shape index (κ2) is 4.94. The molecule has 1 aromatic heterocycles. The van der Waals surface area contributed by atoms with Gasteiger partial charge in [0, 0.05) is 12.4 Å². The standard InChI is InChI=1S/C11H9BrN2O2/c1-15-8-2-3-10(9(12)6-8)16-11-7-13-4-5-14-11/h2-7H,1H3. The van der Waals surface area contributed by atoms with Gasteiger partial charge >= 0.3 is 0 Å². The molecule has 0 radical (unpaired) electrons. The Balaban J connectivity index is 2.22. The normalized spacial score (nSPS) is 9.88. The number of ether oxygens (including phenoxy) is 2. The lowest BCUT2D eigenvalue weighted by Crippen LogP contribution is -1.90. The highest BCUT2D eigenvalue weighted by Crippen LogP contribution is 2.31. The van der Waals surface area contributed by atoms with E-state index >= 15 is 0 Å². The second-order valence-corrected chi connectivity index (χ2v) is 3.80. The van der Waals surface area contributed by atoms with Gasteiger partial charge in [0.2, 0.25) is 5.88 Å². The van der Waals surface area contributed by atoms with Gasteiger partial charge in [0.05, 0.1) is 17.8 Å². The molecule has 1 aromatic carbocycles. The van der Waals surface area contributed by atoms with E-state index in [-0.39, 0.29) is 0 Å². The molecule has 2 aromatic rings. The lowest BCUT2D eigenvalue weighted by atomic mass is 10.3. The summed E-state index contributed by atoms with van der Waals surface area (Å²) in [4.78, 5) is 7.94. The highest BCUT2D eigenvalue weighted by Gasteiger charge is 2.04. The fourth-order valence-corrected chi connectivity index (χ4v) is 1.58. The number of rotatable bonds is 3. The molecule has 1 heterocycles. The number of halogens is 1. The summed E-state index contributed by atoms with van der Waals surface area (Å²) in [6.07, 6.45) is 4.72. The predicted molar refractivity (Wildman–Crippen MR) is 62.8 cm³/mol. The first-order valence-electron chi connectivity index (χ1n) is 4.57. The summed E-state index contributed by atoms with van der Waals surface area (Å²) in [5.41, 5.74) is 0. The Hall–Kier alpha value is -1.62. The maximum atomic E-state index is 5.53. The van der Waals surface area contributed by atoms with Crippen LogP contribution in [-0.2, 0) is 0 Å². The molecule has 0 N–H and O–H groups in total. The molecule has 5 heteroatoms. The molecule has 0 saturated heterocycles. The van der Waals surface area contributed by atoms with Crippen LogP contribution in [0.15, 0.2) is 41.3 Å². The van der Waals surface area contributed by atoms with Crippen LogP contribution in [0.2, 0.25) is 0 Å². The van der Waals surface area contributed by atoms with Crippen molar-refractivity contribution in [3.8, 4) is 17.4 Å². The van der Waals surface area contributed by atoms with Crippen molar-refractivity contribution in [1.82, 2.24) is 9.97 Å². The number of benzene rings is 1. The lowest BCUT2D eigenvalue weighted by Gasteiger charge is -2.07. The zero-order valence-corrected chi connectivity index (χ0v) is 10.1. The number of methoxy groups -OCH3 is 1. The average molecular weight is 281 g/mol. The molecule has 0 spiro atoms. The van der Waals surface area contributed by atoms with Crippen LogP contribution in [0, 0.1) is 0 Å². The molecule has 0 aliphatic heterocycles. The van der Waals surface area contributed by atoms with Crippen LogP contribution >= 0.6 is 15.9 Å². The van der Waals surface area contributed by atoms with Crippen molar-refractivity contribution in [2.45, 2.75) is 0 Å². The van der Waals surface area contributed by atoms with Crippen molar-refractivity contribution >= 4 is 15.9 Å². The van der Waals surface area contributed by atoms with E-state index in [0.717, 1.165) is 10.2 Å². The summed E-state index contributed by atoms with van der Waals surface area (Å²) < 4.78 is 11.4. The van der Waals surface area contributed by atoms with Gasteiger partial charge in [-0.2, -0.15) is 0 Å². The zero-order chi connectivity index (χ0) is 11.4. The maximum Gasteiger partial charge on any atom is 0.237 e. The molecule has 0 aliphatic rings. The molecule has 0 fully saturated rings. The molecule has 0 saturated carbocycles. The first-order valence-corrected chi connectivity index (χ1v) is 5.36. The number of hydrogen-bond donors (Lipinski definition) is 0. The number of nitrogens with zero attached hydrogens (tertiary/aromatic N) is 2. The topological polar surface area (TPSA) is 44.2 Å². The Labute approximate surface area is 101 Å². The Morgan fingerprint density at radius 3 is 2.75 bits per heavy atom. The smallest absolute Gasteiger partial charge is 0.237 e. The summed E-state index contributed by atoms with van der Waals surface area (Å²) in [6, 6.07) is 5.44. The van der Waals surface area contributed by atoms with Crippen LogP contribution in [0.4, 0.5) is 0 Å². The van der Waals surface area contributed by atoms with Crippen LogP contribution in [0.3, 0.4) is 0 Å². The van der Waals surface area contributed by atoms with Crippen LogP contribution in [0.5, 0.6) is 17.4 Å². The molecule has 4 nitrogen and oxygen atoms in total. The van der Waals surface area contributed by atoms with Crippen LogP contribution in [0.1, 0.15) is 0 Å². The van der Waals surface area contributed by atoms with Crippen molar-refractivity contribution in [1.29, 1.82) is 0 Å². The van der Waals surface area contributed by atoms with E-state index in [0.29, 0.717) is 11.6 Å². The quantitative estimate of drug-likeness (QED) is 0.867. The maximum absolute atomic E-state index is 5.53. The lowest BCUT2D eigenvalue weighted by molar-refractivity contribution is 0.411. The third-order valence-corrected chi connectivity index (χ3v) is 2.51. The summed E-state index contributed by atoms with van der Waals surface area (Å²) >= 11 is 3.39. The highest BCUT2D eigenvalue weighted by atomic mass is 79.9. The van der Waals surface area contributed by atoms with Gasteiger partial charge in [-0.1, -0.05) is 0 Å². The van der Waals surface area contributed by atoms with Crippen molar-refractivity contribution in [3.63, 3.8) is 0 Å². The first kappa shape index (κ1) is 10.9. The third-order valence-electron chi connectivity index (χ3n) is 1.89. The van der Waals surface area contributed by atoms with Gasteiger partial charge in [0.15, 0.2) is 0 Å². The van der Waals surface area contributed by atoms with Crippen molar-refractivity contribution in [2.24, 2.45) is 0 Å². The van der Waals surface area contributed by atoms with E-state index in [1.807, 2.05) is 12.1 Å². The van der Waals surface area contributed by atoms with Gasteiger partial charge < -0.3 is 9.47 Å². The Kier molecular flexibility index (Phi) is 3.36. The summed E-state index contributed by atoms with van der Waals surface area (Å²) in [5.74, 6) is 1.88. The van der Waals surface area contributed by atoms with E-state index in [2.05, 4.69) is 25.9 Å². The molecular weight excluding hydrogens is 272 g/mol. The fraction of sp³-hybridized carbons (Fsp3) is 0.0909. The van der Waals surface area contributed by atoms with Crippen molar-refractivity contribution < 1.29 is 9.47 Å². The van der Waals surface area contributed by atoms with E-state index in [1.165, 1.54) is 0 Å². The van der Waals surface area contributed by atoms with Crippen molar-refractivity contribution in [3.05, 3.63) is 41.3 Å². The molecule has 82 valence electrons. The Bertz CT molecular complexity index is 477. The van der Waals surface area contributed by atoms with Gasteiger partial charge in [-0.05, 0) is 34.1 Å². The molecule has 0 amide bonds. The minimum Gasteiger partial charge on any atom is -0.497 e. The summed E-state index contributed by atoms with van der Waals surface area (Å²) in [5, 5.41) is 0. The van der Waals surface area contributed by atoms with E-state index in [4.69, 9.17) is 9.47 Å². The third kappa shape index (κ3) is 2.49. The minimum absolute atomic E-state index is 0.452. The second-order valence-electron chi connectivity index (χ2n) is 2.94. The zero-order valence-electron chi connectivity index (χ0n) is 8.55. The molecular formula is C11H9BrN2O2. The monoisotopic (exact) mass is 280 g/mol. The minimum atomic E-state index is 0.452. The number of hydrogen-bond acceptors (Lipinski definition) is 4. The van der Waals surface area contributed by atoms with Crippen LogP contribution in [0.25, 0.3) is 0 Å². The van der Waals surface area contributed by atoms with E-state index in [9.17, 15) is 0 Å². The Morgan fingerprint density at radius 1 is 1.25 bits per heavy atom. The van der Waals surface area contributed by atoms with E-state index < -0.39 is 0 Å². The van der Waals surface area contributed by atoms with Gasteiger partial charge in [-0.3, -0.25) is 4.98 Å². The molecule has 2 rings (SSSR count). The van der Waals surface area contributed by atoms with Gasteiger partial charge in [-0.15, -0.1) is 0 Å². The van der Waals surface area contributed by atoms with Crippen LogP contribution in [-0.4, -0.2) is 17.1 Å². The van der Waals surface area contributed by atoms with Gasteiger partial charge in [0.25, 0.3) is 0 Å². The predicted octanol–water partition coefficient (Wildman–Crippen LogP) is 3.04. The fourth-order valence-electron chi connectivity index (χ4n) is 1.14. The van der Waals surface area contributed by atoms with Crippen LogP contribution < -0.4 is 9.47 Å². The number of aromatic nitrogens is 2. The van der Waals surface area contributed by atoms with Crippen molar-refractivity contribution in [2.75, 3.05) is 7.11 Å². The van der Waals surface area contributed by atoms with Gasteiger partial charge in [-0.25, -0.2) is 4.98 Å². The summed E-state index contributed by atoms with van der Waals surface area (Å²) in [7, 11) is 1.62. The molecule has 0 aliphatic carbocycles. The highest BCUT2D eigenvalue weighted by molar-refractivity contribution is 9.10. The van der Waals surface area contributed by atoms with E-state index in [1.54, 1.807) is 31.8 Å². The molecule has 0 bridgehead atoms. The SMILES string of the molecule is COc1ccc(Oc2cnccn2)c(Br)c1. The molecule has 16 heavy (non-hydrogen) atoms.